The van der Waals surface area contributed by atoms with E-state index in [1.165, 1.54) is 0 Å². The molecule has 5 heteroatoms. The van der Waals surface area contributed by atoms with Crippen molar-refractivity contribution in [2.45, 2.75) is 46.1 Å². The molecule has 1 unspecified atom stereocenters. The van der Waals surface area contributed by atoms with Gasteiger partial charge >= 0.3 is 0 Å². The predicted octanol–water partition coefficient (Wildman–Crippen LogP) is 1.89. The van der Waals surface area contributed by atoms with Gasteiger partial charge < -0.3 is 10.5 Å². The molecule has 2 N–H and O–H groups in total. The molecule has 0 bridgehead atoms. The van der Waals surface area contributed by atoms with Crippen molar-refractivity contribution >= 4 is 5.95 Å². The normalized spacial score (nSPS) is 12.7. The molecule has 1 atom stereocenters. The maximum atomic E-state index is 5.66. The van der Waals surface area contributed by atoms with Crippen LogP contribution in [0.4, 0.5) is 5.95 Å². The topological polar surface area (TPSA) is 73.9 Å². The van der Waals surface area contributed by atoms with Crippen LogP contribution in [-0.4, -0.2) is 21.6 Å². The van der Waals surface area contributed by atoms with Crippen molar-refractivity contribution in [1.29, 1.82) is 0 Å². The second kappa shape index (κ2) is 6.37. The summed E-state index contributed by atoms with van der Waals surface area (Å²) in [6.07, 6.45) is 2.57. The molecule has 0 radical (unpaired) electrons. The molecular weight excluding hydrogens is 204 g/mol. The molecule has 0 aliphatic heterocycles. The van der Waals surface area contributed by atoms with Gasteiger partial charge in [-0.1, -0.05) is 13.8 Å². The first-order valence-electron chi connectivity index (χ1n) is 5.83. The molecule has 0 amide bonds. The monoisotopic (exact) mass is 224 g/mol. The molecule has 1 aromatic rings. The fraction of sp³-hybridized carbons (Fsp3) is 0.727. The Hall–Kier alpha value is -1.23. The summed E-state index contributed by atoms with van der Waals surface area (Å²) in [5, 5.41) is 0. The minimum Gasteiger partial charge on any atom is -0.371 e. The molecule has 0 aliphatic rings. The van der Waals surface area contributed by atoms with E-state index in [2.05, 4.69) is 21.9 Å². The molecular formula is C11H20N4O. The number of anilines is 1. The molecule has 16 heavy (non-hydrogen) atoms. The second-order valence-corrected chi connectivity index (χ2v) is 3.57. The number of rotatable bonds is 6. The first-order chi connectivity index (χ1) is 7.71. The first kappa shape index (κ1) is 12.8. The Kier molecular flexibility index (Phi) is 5.11. The van der Waals surface area contributed by atoms with Crippen molar-refractivity contribution in [1.82, 2.24) is 15.0 Å². The van der Waals surface area contributed by atoms with E-state index >= 15 is 0 Å². The van der Waals surface area contributed by atoms with E-state index in [1.54, 1.807) is 0 Å². The Morgan fingerprint density at radius 3 is 2.50 bits per heavy atom. The van der Waals surface area contributed by atoms with Crippen molar-refractivity contribution in [2.24, 2.45) is 0 Å². The first-order valence-corrected chi connectivity index (χ1v) is 5.83. The summed E-state index contributed by atoms with van der Waals surface area (Å²) in [6.45, 7) is 6.73. The third-order valence-corrected chi connectivity index (χ3v) is 2.22. The van der Waals surface area contributed by atoms with Crippen LogP contribution >= 0.6 is 0 Å². The van der Waals surface area contributed by atoms with Gasteiger partial charge in [-0.15, -0.1) is 0 Å². The highest BCUT2D eigenvalue weighted by molar-refractivity contribution is 5.16. The van der Waals surface area contributed by atoms with Gasteiger partial charge in [0, 0.05) is 13.0 Å². The van der Waals surface area contributed by atoms with Gasteiger partial charge in [-0.3, -0.25) is 0 Å². The zero-order chi connectivity index (χ0) is 12.0. The summed E-state index contributed by atoms with van der Waals surface area (Å²) >= 11 is 0. The molecule has 5 nitrogen and oxygen atoms in total. The van der Waals surface area contributed by atoms with E-state index in [0.717, 1.165) is 25.1 Å². The number of aryl methyl sites for hydroxylation is 1. The standard InChI is InChI=1S/C11H20N4O/c1-4-7-9-13-10(15-11(12)14-9)8(5-2)16-6-3/h8H,4-7H2,1-3H3,(H2,12,13,14,15). The van der Waals surface area contributed by atoms with Crippen molar-refractivity contribution in [3.05, 3.63) is 11.6 Å². The zero-order valence-electron chi connectivity index (χ0n) is 10.2. The Bertz CT molecular complexity index is 330. The van der Waals surface area contributed by atoms with E-state index in [0.29, 0.717) is 12.4 Å². The van der Waals surface area contributed by atoms with Crippen LogP contribution in [0.15, 0.2) is 0 Å². The van der Waals surface area contributed by atoms with Crippen LogP contribution in [0.25, 0.3) is 0 Å². The van der Waals surface area contributed by atoms with Crippen molar-refractivity contribution in [3.63, 3.8) is 0 Å². The number of hydrogen-bond donors (Lipinski definition) is 1. The molecule has 0 saturated heterocycles. The van der Waals surface area contributed by atoms with Gasteiger partial charge in [0.2, 0.25) is 5.95 Å². The Morgan fingerprint density at radius 1 is 1.19 bits per heavy atom. The second-order valence-electron chi connectivity index (χ2n) is 3.57. The average molecular weight is 224 g/mol. The fourth-order valence-electron chi connectivity index (χ4n) is 1.51. The van der Waals surface area contributed by atoms with E-state index in [-0.39, 0.29) is 12.1 Å². The van der Waals surface area contributed by atoms with Crippen LogP contribution < -0.4 is 5.73 Å². The third kappa shape index (κ3) is 3.41. The molecule has 0 saturated carbocycles. The Morgan fingerprint density at radius 2 is 1.94 bits per heavy atom. The quantitative estimate of drug-likeness (QED) is 0.798. The van der Waals surface area contributed by atoms with Gasteiger partial charge in [0.1, 0.15) is 11.9 Å². The molecule has 90 valence electrons. The average Bonchev–Trinajstić information content (AvgIpc) is 2.25. The van der Waals surface area contributed by atoms with Gasteiger partial charge in [0.15, 0.2) is 5.82 Å². The number of aromatic nitrogens is 3. The van der Waals surface area contributed by atoms with Crippen LogP contribution in [0.3, 0.4) is 0 Å². The fourth-order valence-corrected chi connectivity index (χ4v) is 1.51. The molecule has 1 aromatic heterocycles. The summed E-state index contributed by atoms with van der Waals surface area (Å²) < 4.78 is 5.56. The summed E-state index contributed by atoms with van der Waals surface area (Å²) in [4.78, 5) is 12.6. The number of nitrogens with two attached hydrogens (primary N) is 1. The van der Waals surface area contributed by atoms with Gasteiger partial charge in [0.05, 0.1) is 0 Å². The highest BCUT2D eigenvalue weighted by Crippen LogP contribution is 2.17. The van der Waals surface area contributed by atoms with Crippen LogP contribution in [0, 0.1) is 0 Å². The Balaban J connectivity index is 2.92. The molecule has 0 aliphatic carbocycles. The number of ether oxygens (including phenoxy) is 1. The lowest BCUT2D eigenvalue weighted by atomic mass is 10.2. The van der Waals surface area contributed by atoms with Crippen molar-refractivity contribution in [3.8, 4) is 0 Å². The minimum absolute atomic E-state index is 0.0779. The third-order valence-electron chi connectivity index (χ3n) is 2.22. The van der Waals surface area contributed by atoms with E-state index in [1.807, 2.05) is 13.8 Å². The lowest BCUT2D eigenvalue weighted by Crippen LogP contribution is -2.13. The van der Waals surface area contributed by atoms with E-state index < -0.39 is 0 Å². The smallest absolute Gasteiger partial charge is 0.223 e. The van der Waals surface area contributed by atoms with Gasteiger partial charge in [0.25, 0.3) is 0 Å². The highest BCUT2D eigenvalue weighted by Gasteiger charge is 2.14. The van der Waals surface area contributed by atoms with Crippen LogP contribution in [-0.2, 0) is 11.2 Å². The van der Waals surface area contributed by atoms with E-state index in [9.17, 15) is 0 Å². The van der Waals surface area contributed by atoms with Crippen molar-refractivity contribution in [2.75, 3.05) is 12.3 Å². The van der Waals surface area contributed by atoms with Crippen LogP contribution in [0.2, 0.25) is 0 Å². The predicted molar refractivity (Wildman–Crippen MR) is 62.9 cm³/mol. The maximum Gasteiger partial charge on any atom is 0.223 e. The summed E-state index contributed by atoms with van der Waals surface area (Å²) in [5.74, 6) is 1.69. The summed E-state index contributed by atoms with van der Waals surface area (Å²) in [7, 11) is 0. The molecule has 1 rings (SSSR count). The lowest BCUT2D eigenvalue weighted by Gasteiger charge is -2.14. The SMILES string of the molecule is CCCc1nc(N)nc(C(CC)OCC)n1. The van der Waals surface area contributed by atoms with Gasteiger partial charge in [-0.05, 0) is 19.8 Å². The Labute approximate surface area is 96.5 Å². The zero-order valence-corrected chi connectivity index (χ0v) is 10.2. The summed E-state index contributed by atoms with van der Waals surface area (Å²) in [5.41, 5.74) is 5.66. The van der Waals surface area contributed by atoms with Gasteiger partial charge in [-0.2, -0.15) is 9.97 Å². The van der Waals surface area contributed by atoms with Crippen LogP contribution in [0.5, 0.6) is 0 Å². The molecule has 0 fully saturated rings. The maximum absolute atomic E-state index is 5.66. The lowest BCUT2D eigenvalue weighted by molar-refractivity contribution is 0.0532. The highest BCUT2D eigenvalue weighted by atomic mass is 16.5. The number of hydrogen-bond acceptors (Lipinski definition) is 5. The molecule has 0 aromatic carbocycles. The van der Waals surface area contributed by atoms with Crippen LogP contribution in [0.1, 0.15) is 51.4 Å². The number of nitrogen functional groups attached to an aromatic ring is 1. The largest absolute Gasteiger partial charge is 0.371 e. The molecule has 1 heterocycles. The van der Waals surface area contributed by atoms with Crippen molar-refractivity contribution < 1.29 is 4.74 Å². The van der Waals surface area contributed by atoms with E-state index in [4.69, 9.17) is 10.5 Å². The number of nitrogens with zero attached hydrogens (tertiary/aromatic N) is 3. The molecule has 0 spiro atoms. The summed E-state index contributed by atoms with van der Waals surface area (Å²) in [6, 6.07) is 0. The van der Waals surface area contributed by atoms with Gasteiger partial charge in [-0.25, -0.2) is 4.98 Å². The minimum atomic E-state index is -0.0779.